The first-order valence-electron chi connectivity index (χ1n) is 9.37. The molecule has 1 amide bonds. The van der Waals surface area contributed by atoms with Gasteiger partial charge in [0.1, 0.15) is 5.75 Å². The lowest BCUT2D eigenvalue weighted by molar-refractivity contribution is 0.102. The highest BCUT2D eigenvalue weighted by Crippen LogP contribution is 2.20. The molecule has 7 heteroatoms. The summed E-state index contributed by atoms with van der Waals surface area (Å²) in [5.74, 6) is 0.377. The summed E-state index contributed by atoms with van der Waals surface area (Å²) in [6.45, 7) is 2.15. The lowest BCUT2D eigenvalue weighted by Crippen LogP contribution is -2.26. The van der Waals surface area contributed by atoms with Crippen molar-refractivity contribution in [3.05, 3.63) is 89.5 Å². The first kappa shape index (κ1) is 21.5. The average molecular weight is 425 g/mol. The standard InChI is InChI=1S/C23H24N2O4S/c1-17-5-4-6-20(15-17)24-23(26)19-9-7-18(8-10-19)16-25(2)30(27,28)22-13-11-21(29-3)12-14-22/h4-15H,16H2,1-3H3,(H,24,26). The van der Waals surface area contributed by atoms with Crippen molar-refractivity contribution in [3.63, 3.8) is 0 Å². The Morgan fingerprint density at radius 2 is 1.67 bits per heavy atom. The molecule has 156 valence electrons. The first-order chi connectivity index (χ1) is 14.3. The van der Waals surface area contributed by atoms with E-state index in [1.807, 2.05) is 31.2 Å². The van der Waals surface area contributed by atoms with Crippen molar-refractivity contribution in [3.8, 4) is 5.75 Å². The monoisotopic (exact) mass is 424 g/mol. The van der Waals surface area contributed by atoms with E-state index in [9.17, 15) is 13.2 Å². The first-order valence-corrected chi connectivity index (χ1v) is 10.8. The highest BCUT2D eigenvalue weighted by molar-refractivity contribution is 7.89. The van der Waals surface area contributed by atoms with E-state index < -0.39 is 10.0 Å². The summed E-state index contributed by atoms with van der Waals surface area (Å²) in [5.41, 5.74) is 3.07. The number of rotatable bonds is 7. The Morgan fingerprint density at radius 1 is 1.00 bits per heavy atom. The van der Waals surface area contributed by atoms with Crippen LogP contribution < -0.4 is 10.1 Å². The number of carbonyl (C=O) groups excluding carboxylic acids is 1. The number of hydrogen-bond donors (Lipinski definition) is 1. The quantitative estimate of drug-likeness (QED) is 0.620. The van der Waals surface area contributed by atoms with E-state index in [4.69, 9.17) is 4.74 Å². The fourth-order valence-electron chi connectivity index (χ4n) is 2.96. The van der Waals surface area contributed by atoms with Crippen LogP contribution in [0.15, 0.2) is 77.7 Å². The molecular weight excluding hydrogens is 400 g/mol. The minimum Gasteiger partial charge on any atom is -0.497 e. The molecule has 0 saturated heterocycles. The van der Waals surface area contributed by atoms with Crippen LogP contribution in [0.25, 0.3) is 0 Å². The molecule has 3 aromatic carbocycles. The normalized spacial score (nSPS) is 11.3. The fourth-order valence-corrected chi connectivity index (χ4v) is 4.12. The molecule has 1 N–H and O–H groups in total. The number of methoxy groups -OCH3 is 1. The van der Waals surface area contributed by atoms with E-state index >= 15 is 0 Å². The van der Waals surface area contributed by atoms with Crippen molar-refractivity contribution in [1.82, 2.24) is 4.31 Å². The number of benzene rings is 3. The minimum atomic E-state index is -3.63. The fraction of sp³-hybridized carbons (Fsp3) is 0.174. The summed E-state index contributed by atoms with van der Waals surface area (Å²) < 4.78 is 31.9. The molecule has 0 unspecified atom stereocenters. The van der Waals surface area contributed by atoms with Crippen molar-refractivity contribution in [2.45, 2.75) is 18.4 Å². The second-order valence-corrected chi connectivity index (χ2v) is 9.00. The summed E-state index contributed by atoms with van der Waals surface area (Å²) in [6, 6.07) is 20.7. The Bertz CT molecular complexity index is 1120. The maximum Gasteiger partial charge on any atom is 0.255 e. The van der Waals surface area contributed by atoms with Gasteiger partial charge in [0, 0.05) is 24.8 Å². The number of nitrogens with one attached hydrogen (secondary N) is 1. The summed E-state index contributed by atoms with van der Waals surface area (Å²) in [6.07, 6.45) is 0. The summed E-state index contributed by atoms with van der Waals surface area (Å²) in [5, 5.41) is 2.86. The molecule has 0 atom stereocenters. The van der Waals surface area contributed by atoms with Crippen molar-refractivity contribution in [2.75, 3.05) is 19.5 Å². The molecule has 0 fully saturated rings. The zero-order chi connectivity index (χ0) is 21.7. The molecule has 0 aliphatic rings. The summed E-state index contributed by atoms with van der Waals surface area (Å²) in [7, 11) is -0.581. The molecule has 3 rings (SSSR count). The molecule has 0 radical (unpaired) electrons. The Labute approximate surface area is 177 Å². The molecular formula is C23H24N2O4S. The zero-order valence-electron chi connectivity index (χ0n) is 17.1. The van der Waals surface area contributed by atoms with Gasteiger partial charge in [0.25, 0.3) is 5.91 Å². The second kappa shape index (κ2) is 9.11. The Kier molecular flexibility index (Phi) is 6.54. The van der Waals surface area contributed by atoms with Gasteiger partial charge in [0.15, 0.2) is 0 Å². The topological polar surface area (TPSA) is 75.7 Å². The lowest BCUT2D eigenvalue weighted by Gasteiger charge is -2.17. The number of ether oxygens (including phenoxy) is 1. The molecule has 0 aromatic heterocycles. The van der Waals surface area contributed by atoms with Crippen LogP contribution in [0.4, 0.5) is 5.69 Å². The van der Waals surface area contributed by atoms with E-state index in [2.05, 4.69) is 5.32 Å². The van der Waals surface area contributed by atoms with Crippen molar-refractivity contribution in [1.29, 1.82) is 0 Å². The van der Waals surface area contributed by atoms with Gasteiger partial charge in [-0.3, -0.25) is 4.79 Å². The highest BCUT2D eigenvalue weighted by atomic mass is 32.2. The number of anilines is 1. The van der Waals surface area contributed by atoms with Gasteiger partial charge < -0.3 is 10.1 Å². The largest absolute Gasteiger partial charge is 0.497 e. The van der Waals surface area contributed by atoms with Crippen LogP contribution in [0.5, 0.6) is 5.75 Å². The maximum absolute atomic E-state index is 12.8. The second-order valence-electron chi connectivity index (χ2n) is 6.96. The van der Waals surface area contributed by atoms with Crippen molar-refractivity contribution in [2.24, 2.45) is 0 Å². The molecule has 0 bridgehead atoms. The van der Waals surface area contributed by atoms with Gasteiger partial charge in [-0.25, -0.2) is 8.42 Å². The van der Waals surface area contributed by atoms with Gasteiger partial charge in [-0.1, -0.05) is 24.3 Å². The van der Waals surface area contributed by atoms with Crippen LogP contribution in [0.2, 0.25) is 0 Å². The van der Waals surface area contributed by atoms with Crippen LogP contribution in [0.3, 0.4) is 0 Å². The smallest absolute Gasteiger partial charge is 0.255 e. The summed E-state index contributed by atoms with van der Waals surface area (Å²) >= 11 is 0. The number of amides is 1. The predicted molar refractivity (Wildman–Crippen MR) is 117 cm³/mol. The van der Waals surface area contributed by atoms with E-state index in [1.165, 1.54) is 30.6 Å². The van der Waals surface area contributed by atoms with Crippen LogP contribution in [-0.2, 0) is 16.6 Å². The molecule has 6 nitrogen and oxygen atoms in total. The number of aryl methyl sites for hydroxylation is 1. The van der Waals surface area contributed by atoms with Gasteiger partial charge in [-0.05, 0) is 66.6 Å². The predicted octanol–water partition coefficient (Wildman–Crippen LogP) is 4.08. The molecule has 0 spiro atoms. The van der Waals surface area contributed by atoms with Crippen LogP contribution in [0, 0.1) is 6.92 Å². The lowest BCUT2D eigenvalue weighted by atomic mass is 10.1. The number of hydrogen-bond acceptors (Lipinski definition) is 4. The third kappa shape index (κ3) is 5.06. The van der Waals surface area contributed by atoms with E-state index in [0.717, 1.165) is 16.8 Å². The van der Waals surface area contributed by atoms with Crippen molar-refractivity contribution >= 4 is 21.6 Å². The van der Waals surface area contributed by atoms with Crippen LogP contribution in [-0.4, -0.2) is 32.8 Å². The Hall–Kier alpha value is -3.16. The SMILES string of the molecule is COc1ccc(S(=O)(=O)N(C)Cc2ccc(C(=O)Nc3cccc(C)c3)cc2)cc1. The number of nitrogens with zero attached hydrogens (tertiary/aromatic N) is 1. The molecule has 0 saturated carbocycles. The van der Waals surface area contributed by atoms with Gasteiger partial charge in [-0.15, -0.1) is 0 Å². The summed E-state index contributed by atoms with van der Waals surface area (Å²) in [4.78, 5) is 12.6. The Morgan fingerprint density at radius 3 is 2.27 bits per heavy atom. The maximum atomic E-state index is 12.8. The van der Waals surface area contributed by atoms with Gasteiger partial charge >= 0.3 is 0 Å². The molecule has 0 aliphatic carbocycles. The van der Waals surface area contributed by atoms with Crippen LogP contribution >= 0.6 is 0 Å². The van der Waals surface area contributed by atoms with E-state index in [-0.39, 0.29) is 17.3 Å². The third-order valence-corrected chi connectivity index (χ3v) is 6.48. The highest BCUT2D eigenvalue weighted by Gasteiger charge is 2.21. The third-order valence-electron chi connectivity index (χ3n) is 4.66. The van der Waals surface area contributed by atoms with E-state index in [1.54, 1.807) is 36.4 Å². The Balaban J connectivity index is 1.67. The van der Waals surface area contributed by atoms with Crippen molar-refractivity contribution < 1.29 is 17.9 Å². The minimum absolute atomic E-state index is 0.189. The average Bonchev–Trinajstić information content (AvgIpc) is 2.74. The number of carbonyl (C=O) groups is 1. The zero-order valence-corrected chi connectivity index (χ0v) is 17.9. The molecule has 30 heavy (non-hydrogen) atoms. The number of sulfonamides is 1. The van der Waals surface area contributed by atoms with Crippen LogP contribution in [0.1, 0.15) is 21.5 Å². The molecule has 0 aliphatic heterocycles. The molecule has 0 heterocycles. The van der Waals surface area contributed by atoms with Gasteiger partial charge in [-0.2, -0.15) is 4.31 Å². The van der Waals surface area contributed by atoms with Gasteiger partial charge in [0.2, 0.25) is 10.0 Å². The van der Waals surface area contributed by atoms with E-state index in [0.29, 0.717) is 11.3 Å². The van der Waals surface area contributed by atoms with Gasteiger partial charge in [0.05, 0.1) is 12.0 Å². The molecule has 3 aromatic rings.